The number of rotatable bonds is 3. The maximum Gasteiger partial charge on any atom is 0.253 e. The van der Waals surface area contributed by atoms with Gasteiger partial charge < -0.3 is 4.90 Å². The quantitative estimate of drug-likeness (QED) is 0.707. The van der Waals surface area contributed by atoms with Crippen LogP contribution in [0.1, 0.15) is 35.2 Å². The molecule has 4 rings (SSSR count). The summed E-state index contributed by atoms with van der Waals surface area (Å²) in [6, 6.07) is 7.40. The smallest absolute Gasteiger partial charge is 0.253 e. The van der Waals surface area contributed by atoms with Gasteiger partial charge in [0.2, 0.25) is 0 Å². The monoisotopic (exact) mass is 406 g/mol. The first-order chi connectivity index (χ1) is 13.9. The van der Waals surface area contributed by atoms with E-state index in [2.05, 4.69) is 4.90 Å². The van der Waals surface area contributed by atoms with Gasteiger partial charge in [-0.15, -0.1) is 0 Å². The summed E-state index contributed by atoms with van der Waals surface area (Å²) in [6.45, 7) is 2.86. The number of amides is 1. The molecule has 0 aliphatic carbocycles. The predicted molar refractivity (Wildman–Crippen MR) is 100 cm³/mol. The Labute approximate surface area is 166 Å². The summed E-state index contributed by atoms with van der Waals surface area (Å²) >= 11 is 0. The van der Waals surface area contributed by atoms with Gasteiger partial charge >= 0.3 is 0 Å². The Morgan fingerprint density at radius 1 is 0.931 bits per heavy atom. The molecule has 0 aromatic heterocycles. The highest BCUT2D eigenvalue weighted by molar-refractivity contribution is 5.94. The van der Waals surface area contributed by atoms with Crippen LogP contribution in [0.3, 0.4) is 0 Å². The van der Waals surface area contributed by atoms with E-state index < -0.39 is 23.3 Å². The van der Waals surface area contributed by atoms with Crippen molar-refractivity contribution in [3.8, 4) is 0 Å². The van der Waals surface area contributed by atoms with Gasteiger partial charge in [-0.05, 0) is 50.1 Å². The number of hydrogen-bond donors (Lipinski definition) is 0. The number of halogens is 4. The molecular weight excluding hydrogens is 384 g/mol. The highest BCUT2D eigenvalue weighted by Crippen LogP contribution is 2.40. The standard InChI is InChI=1S/C22H22F4N2O/c23-17-6-5-15(11-19(17)25)21(29)28-10-8-22(14-28)7-2-9-27(13-22)12-16-3-1-4-18(24)20(16)26/h1,3-6,11H,2,7-10,12-14H2/t22-/m0/s1. The summed E-state index contributed by atoms with van der Waals surface area (Å²) in [4.78, 5) is 16.5. The first-order valence-electron chi connectivity index (χ1n) is 9.76. The Morgan fingerprint density at radius 2 is 1.76 bits per heavy atom. The van der Waals surface area contributed by atoms with Gasteiger partial charge in [0, 0.05) is 42.7 Å². The van der Waals surface area contributed by atoms with Crippen molar-refractivity contribution < 1.29 is 22.4 Å². The zero-order valence-corrected chi connectivity index (χ0v) is 15.9. The van der Waals surface area contributed by atoms with E-state index in [0.717, 1.165) is 44.0 Å². The fourth-order valence-corrected chi connectivity index (χ4v) is 4.61. The lowest BCUT2D eigenvalue weighted by Crippen LogP contribution is -2.45. The highest BCUT2D eigenvalue weighted by Gasteiger charge is 2.43. The first kappa shape index (κ1) is 19.9. The Balaban J connectivity index is 1.44. The predicted octanol–water partition coefficient (Wildman–Crippen LogP) is 4.37. The maximum atomic E-state index is 14.0. The largest absolute Gasteiger partial charge is 0.338 e. The van der Waals surface area contributed by atoms with E-state index in [-0.39, 0.29) is 16.9 Å². The second-order valence-electron chi connectivity index (χ2n) is 8.13. The second kappa shape index (κ2) is 7.78. The van der Waals surface area contributed by atoms with Crippen LogP contribution in [-0.2, 0) is 6.54 Å². The number of hydrogen-bond acceptors (Lipinski definition) is 2. The van der Waals surface area contributed by atoms with E-state index >= 15 is 0 Å². The van der Waals surface area contributed by atoms with Crippen LogP contribution in [0.15, 0.2) is 36.4 Å². The number of nitrogens with zero attached hydrogens (tertiary/aromatic N) is 2. The second-order valence-corrected chi connectivity index (χ2v) is 8.13. The van der Waals surface area contributed by atoms with Crippen LogP contribution in [-0.4, -0.2) is 41.9 Å². The van der Waals surface area contributed by atoms with Gasteiger partial charge in [-0.3, -0.25) is 9.69 Å². The number of benzene rings is 2. The van der Waals surface area contributed by atoms with Gasteiger partial charge in [0.1, 0.15) is 0 Å². The number of carbonyl (C=O) groups is 1. The SMILES string of the molecule is O=C(c1ccc(F)c(F)c1)N1CC[C@]2(CCCN(Cc3cccc(F)c3F)C2)C1. The molecule has 2 heterocycles. The summed E-state index contributed by atoms with van der Waals surface area (Å²) in [6.07, 6.45) is 2.64. The van der Waals surface area contributed by atoms with Gasteiger partial charge in [0.25, 0.3) is 5.91 Å². The molecule has 0 N–H and O–H groups in total. The molecule has 2 aliphatic heterocycles. The average molecular weight is 406 g/mol. The zero-order chi connectivity index (χ0) is 20.6. The molecule has 0 unspecified atom stereocenters. The topological polar surface area (TPSA) is 23.6 Å². The van der Waals surface area contributed by atoms with Crippen molar-refractivity contribution in [3.63, 3.8) is 0 Å². The van der Waals surface area contributed by atoms with Crippen molar-refractivity contribution in [2.75, 3.05) is 26.2 Å². The van der Waals surface area contributed by atoms with Crippen molar-refractivity contribution in [3.05, 3.63) is 70.8 Å². The van der Waals surface area contributed by atoms with E-state index in [9.17, 15) is 22.4 Å². The third kappa shape index (κ3) is 4.01. The van der Waals surface area contributed by atoms with E-state index in [4.69, 9.17) is 0 Å². The van der Waals surface area contributed by atoms with E-state index in [1.165, 1.54) is 12.1 Å². The lowest BCUT2D eigenvalue weighted by atomic mass is 9.79. The molecule has 1 amide bonds. The van der Waals surface area contributed by atoms with Crippen molar-refractivity contribution in [2.24, 2.45) is 5.41 Å². The van der Waals surface area contributed by atoms with Crippen LogP contribution in [0.4, 0.5) is 17.6 Å². The summed E-state index contributed by atoms with van der Waals surface area (Å²) in [5.41, 5.74) is 0.348. The lowest BCUT2D eigenvalue weighted by Gasteiger charge is -2.40. The fraction of sp³-hybridized carbons (Fsp3) is 0.409. The van der Waals surface area contributed by atoms with Crippen LogP contribution in [0.5, 0.6) is 0 Å². The molecule has 3 nitrogen and oxygen atoms in total. The molecule has 1 spiro atoms. The Hall–Kier alpha value is -2.41. The molecule has 2 aromatic carbocycles. The zero-order valence-electron chi connectivity index (χ0n) is 15.9. The van der Waals surface area contributed by atoms with Gasteiger partial charge in [0.05, 0.1) is 0 Å². The lowest BCUT2D eigenvalue weighted by molar-refractivity contribution is 0.0672. The van der Waals surface area contributed by atoms with Gasteiger partial charge in [-0.1, -0.05) is 12.1 Å². The molecule has 154 valence electrons. The molecule has 7 heteroatoms. The van der Waals surface area contributed by atoms with Gasteiger partial charge in [-0.25, -0.2) is 17.6 Å². The van der Waals surface area contributed by atoms with Gasteiger partial charge in [0.15, 0.2) is 23.3 Å². The van der Waals surface area contributed by atoms with E-state index in [1.807, 2.05) is 0 Å². The third-order valence-electron chi connectivity index (χ3n) is 6.06. The van der Waals surface area contributed by atoms with E-state index in [0.29, 0.717) is 31.7 Å². The molecule has 29 heavy (non-hydrogen) atoms. The summed E-state index contributed by atoms with van der Waals surface area (Å²) in [5.74, 6) is -3.99. The van der Waals surface area contributed by atoms with E-state index in [1.54, 1.807) is 11.0 Å². The maximum absolute atomic E-state index is 14.0. The van der Waals surface area contributed by atoms with Crippen molar-refractivity contribution in [1.82, 2.24) is 9.80 Å². The molecule has 2 aromatic rings. The molecule has 0 radical (unpaired) electrons. The summed E-state index contributed by atoms with van der Waals surface area (Å²) < 4.78 is 54.2. The third-order valence-corrected chi connectivity index (χ3v) is 6.06. The van der Waals surface area contributed by atoms with Gasteiger partial charge in [-0.2, -0.15) is 0 Å². The normalized spacial score (nSPS) is 22.4. The fourth-order valence-electron chi connectivity index (χ4n) is 4.61. The molecule has 2 aliphatic rings. The van der Waals surface area contributed by atoms with Crippen molar-refractivity contribution in [2.45, 2.75) is 25.8 Å². The highest BCUT2D eigenvalue weighted by atomic mass is 19.2. The minimum atomic E-state index is -1.04. The Kier molecular flexibility index (Phi) is 5.34. The molecule has 0 bridgehead atoms. The minimum Gasteiger partial charge on any atom is -0.338 e. The number of piperidine rings is 1. The number of carbonyl (C=O) groups excluding carboxylic acids is 1. The van der Waals surface area contributed by atoms with Crippen LogP contribution in [0, 0.1) is 28.7 Å². The molecule has 2 fully saturated rings. The first-order valence-corrected chi connectivity index (χ1v) is 9.76. The molecule has 1 atom stereocenters. The van der Waals surface area contributed by atoms with Crippen LogP contribution >= 0.6 is 0 Å². The van der Waals surface area contributed by atoms with Crippen LogP contribution in [0.25, 0.3) is 0 Å². The minimum absolute atomic E-state index is 0.115. The summed E-state index contributed by atoms with van der Waals surface area (Å²) in [7, 11) is 0. The number of likely N-dealkylation sites (tertiary alicyclic amines) is 2. The summed E-state index contributed by atoms with van der Waals surface area (Å²) in [5, 5.41) is 0. The van der Waals surface area contributed by atoms with Crippen molar-refractivity contribution in [1.29, 1.82) is 0 Å². The van der Waals surface area contributed by atoms with Crippen LogP contribution < -0.4 is 0 Å². The van der Waals surface area contributed by atoms with Crippen molar-refractivity contribution >= 4 is 5.91 Å². The molecule has 0 saturated carbocycles. The molecular formula is C22H22F4N2O. The average Bonchev–Trinajstić information content (AvgIpc) is 3.10. The Morgan fingerprint density at radius 3 is 2.55 bits per heavy atom. The molecule has 2 saturated heterocycles. The Bertz CT molecular complexity index is 935. The van der Waals surface area contributed by atoms with Crippen LogP contribution in [0.2, 0.25) is 0 Å².